The van der Waals surface area contributed by atoms with E-state index in [0.29, 0.717) is 12.8 Å². The van der Waals surface area contributed by atoms with E-state index >= 15 is 0 Å². The Morgan fingerprint density at radius 3 is 1.29 bits per heavy atom. The molecule has 2 aliphatic rings. The molecule has 14 heteroatoms. The van der Waals surface area contributed by atoms with Gasteiger partial charge in [-0.25, -0.2) is 0 Å². The summed E-state index contributed by atoms with van der Waals surface area (Å²) in [7, 11) is 0. The second-order valence-corrected chi connectivity index (χ2v) is 24.3. The van der Waals surface area contributed by atoms with Gasteiger partial charge >= 0.3 is 0 Å². The Morgan fingerprint density at radius 2 is 0.824 bits per heavy atom. The zero-order valence-corrected chi connectivity index (χ0v) is 53.6. The van der Waals surface area contributed by atoms with Gasteiger partial charge in [0.05, 0.1) is 32.0 Å². The summed E-state index contributed by atoms with van der Waals surface area (Å²) < 4.78 is 22.8. The number of carbonyl (C=O) groups is 1. The summed E-state index contributed by atoms with van der Waals surface area (Å²) in [6.45, 7) is 2.70. The van der Waals surface area contributed by atoms with Gasteiger partial charge in [-0.3, -0.25) is 4.79 Å². The maximum Gasteiger partial charge on any atom is 0.220 e. The van der Waals surface area contributed by atoms with Crippen molar-refractivity contribution in [2.45, 2.75) is 351 Å². The minimum absolute atomic E-state index is 0.248. The van der Waals surface area contributed by atoms with Crippen molar-refractivity contribution in [2.75, 3.05) is 19.8 Å². The van der Waals surface area contributed by atoms with Crippen molar-refractivity contribution in [2.24, 2.45) is 0 Å². The number of unbranched alkanes of at least 4 members (excludes halogenated alkanes) is 33. The summed E-state index contributed by atoms with van der Waals surface area (Å²) in [4.78, 5) is 13.3. The van der Waals surface area contributed by atoms with Crippen LogP contribution in [0.2, 0.25) is 0 Å². The van der Waals surface area contributed by atoms with Crippen LogP contribution in [0, 0.1) is 0 Å². The number of carbonyl (C=O) groups excluding carboxylic acids is 1. The SMILES string of the molecule is CC/C=C\C/C=C\C/C=C\C/C=C\CCCCCCCCCCCCCCCCCCC(=O)NC(COC1OC(CO)C(OC2OC(CO)C(O)C(O)C2O)C(O)C1O)C(O)/C=C/CC/C=C/CCCCCCCCCCCCCCCCCC. The fourth-order valence-corrected chi connectivity index (χ4v) is 11.1. The lowest BCUT2D eigenvalue weighted by Gasteiger charge is -2.46. The van der Waals surface area contributed by atoms with Gasteiger partial charge in [0, 0.05) is 6.42 Å². The third-order valence-electron chi connectivity index (χ3n) is 16.6. The molecule has 2 heterocycles. The van der Waals surface area contributed by atoms with Crippen LogP contribution in [0.25, 0.3) is 0 Å². The zero-order valence-electron chi connectivity index (χ0n) is 53.6. The van der Waals surface area contributed by atoms with E-state index in [9.17, 15) is 45.6 Å². The monoisotopic (exact) mass is 1200 g/mol. The number of allylic oxidation sites excluding steroid dienone is 11. The van der Waals surface area contributed by atoms with Gasteiger partial charge in [0.15, 0.2) is 12.6 Å². The topological polar surface area (TPSA) is 228 Å². The number of rotatable bonds is 56. The predicted octanol–water partition coefficient (Wildman–Crippen LogP) is 13.8. The van der Waals surface area contributed by atoms with Crippen LogP contribution in [0.4, 0.5) is 0 Å². The van der Waals surface area contributed by atoms with E-state index in [1.165, 1.54) is 186 Å². The van der Waals surface area contributed by atoms with Crippen LogP contribution in [0.1, 0.15) is 277 Å². The summed E-state index contributed by atoms with van der Waals surface area (Å²) in [5, 5.41) is 87.4. The second-order valence-electron chi connectivity index (χ2n) is 24.3. The van der Waals surface area contributed by atoms with Gasteiger partial charge in [0.25, 0.3) is 0 Å². The van der Waals surface area contributed by atoms with Crippen LogP contribution in [-0.2, 0) is 23.7 Å². The number of hydrogen-bond donors (Lipinski definition) is 9. The first kappa shape index (κ1) is 78.5. The van der Waals surface area contributed by atoms with E-state index in [4.69, 9.17) is 18.9 Å². The smallest absolute Gasteiger partial charge is 0.220 e. The van der Waals surface area contributed by atoms with E-state index in [1.807, 2.05) is 6.08 Å². The van der Waals surface area contributed by atoms with Crippen LogP contribution < -0.4 is 5.32 Å². The molecule has 85 heavy (non-hydrogen) atoms. The maximum absolute atomic E-state index is 13.3. The van der Waals surface area contributed by atoms with Crippen molar-refractivity contribution < 1.29 is 64.6 Å². The van der Waals surface area contributed by atoms with Gasteiger partial charge in [-0.1, -0.05) is 273 Å². The lowest BCUT2D eigenvalue weighted by Crippen LogP contribution is -2.65. The van der Waals surface area contributed by atoms with Gasteiger partial charge in [-0.2, -0.15) is 0 Å². The molecule has 0 aromatic heterocycles. The van der Waals surface area contributed by atoms with E-state index in [-0.39, 0.29) is 18.9 Å². The van der Waals surface area contributed by atoms with Crippen molar-refractivity contribution in [3.8, 4) is 0 Å². The highest BCUT2D eigenvalue weighted by molar-refractivity contribution is 5.76. The minimum atomic E-state index is -1.79. The molecule has 0 radical (unpaired) electrons. The minimum Gasteiger partial charge on any atom is -0.394 e. The molecule has 0 spiro atoms. The Bertz CT molecular complexity index is 1700. The molecule has 1 amide bonds. The standard InChI is InChI=1S/C71H127NO13/c1-3-5-7-9-11-13-15-17-19-21-23-25-27-28-29-30-31-32-33-35-37-39-41-43-45-47-49-51-53-55-63(76)72-59(58-82-70-68(81)66(79)69(62(57-74)84-70)85-71-67(80)65(78)64(77)61(56-73)83-71)60(75)54-52-50-48-46-44-42-40-38-36-34-26-24-22-20-18-16-14-12-10-8-6-4-2/h5,7,11,13,17,19,23,25,44,46,52,54,59-62,64-71,73-75,77-81H,3-4,6,8-10,12,14-16,18,20-22,24,26-43,45,47-51,53,55-58H2,1-2H3,(H,72,76)/b7-5-,13-11-,19-17-,25-23-,46-44+,54-52+. The summed E-state index contributed by atoms with van der Waals surface area (Å²) in [6, 6.07) is -0.935. The number of ether oxygens (including phenoxy) is 4. The first-order valence-corrected chi connectivity index (χ1v) is 34.7. The highest BCUT2D eigenvalue weighted by Crippen LogP contribution is 2.30. The Labute approximate surface area is 517 Å². The van der Waals surface area contributed by atoms with Gasteiger partial charge in [0.2, 0.25) is 5.91 Å². The van der Waals surface area contributed by atoms with Crippen molar-refractivity contribution in [3.63, 3.8) is 0 Å². The zero-order chi connectivity index (χ0) is 61.6. The first-order valence-electron chi connectivity index (χ1n) is 34.7. The number of aliphatic hydroxyl groups is 8. The Balaban J connectivity index is 1.69. The third kappa shape index (κ3) is 39.9. The molecule has 9 N–H and O–H groups in total. The Hall–Kier alpha value is -2.57. The van der Waals surface area contributed by atoms with Crippen LogP contribution >= 0.6 is 0 Å². The van der Waals surface area contributed by atoms with E-state index in [2.05, 4.69) is 79.9 Å². The molecular formula is C71H127NO13. The van der Waals surface area contributed by atoms with E-state index < -0.39 is 86.8 Å². The highest BCUT2D eigenvalue weighted by atomic mass is 16.7. The number of nitrogens with one attached hydrogen (secondary N) is 1. The van der Waals surface area contributed by atoms with Crippen LogP contribution in [0.5, 0.6) is 0 Å². The number of hydrogen-bond acceptors (Lipinski definition) is 13. The summed E-state index contributed by atoms with van der Waals surface area (Å²) >= 11 is 0. The fraction of sp³-hybridized carbons (Fsp3) is 0.817. The normalized spacial score (nSPS) is 24.0. The average Bonchev–Trinajstić information content (AvgIpc) is 3.69. The Morgan fingerprint density at radius 1 is 0.435 bits per heavy atom. The van der Waals surface area contributed by atoms with E-state index in [1.54, 1.807) is 6.08 Å². The lowest BCUT2D eigenvalue weighted by molar-refractivity contribution is -0.359. The number of amides is 1. The summed E-state index contributed by atoms with van der Waals surface area (Å²) in [5.74, 6) is -0.248. The van der Waals surface area contributed by atoms with E-state index in [0.717, 1.165) is 57.8 Å². The van der Waals surface area contributed by atoms with Gasteiger partial charge in [0.1, 0.15) is 48.8 Å². The molecule has 0 saturated carbocycles. The molecule has 494 valence electrons. The van der Waals surface area contributed by atoms with Crippen LogP contribution in [0.15, 0.2) is 72.9 Å². The van der Waals surface area contributed by atoms with Gasteiger partial charge in [-0.15, -0.1) is 0 Å². The molecule has 2 rings (SSSR count). The lowest BCUT2D eigenvalue weighted by atomic mass is 9.97. The molecular weight excluding hydrogens is 1070 g/mol. The summed E-state index contributed by atoms with van der Waals surface area (Å²) in [5.41, 5.74) is 0. The fourth-order valence-electron chi connectivity index (χ4n) is 11.1. The molecule has 0 aromatic carbocycles. The first-order chi connectivity index (χ1) is 41.6. The number of aliphatic hydroxyl groups excluding tert-OH is 8. The molecule has 2 saturated heterocycles. The largest absolute Gasteiger partial charge is 0.394 e. The van der Waals surface area contributed by atoms with Crippen molar-refractivity contribution >= 4 is 5.91 Å². The van der Waals surface area contributed by atoms with Crippen molar-refractivity contribution in [3.05, 3.63) is 72.9 Å². The van der Waals surface area contributed by atoms with Crippen LogP contribution in [-0.4, -0.2) is 140 Å². The molecule has 14 nitrogen and oxygen atoms in total. The second kappa shape index (κ2) is 55.5. The molecule has 2 aliphatic heterocycles. The van der Waals surface area contributed by atoms with Crippen molar-refractivity contribution in [1.29, 1.82) is 0 Å². The van der Waals surface area contributed by atoms with Gasteiger partial charge < -0.3 is 65.1 Å². The third-order valence-corrected chi connectivity index (χ3v) is 16.6. The molecule has 0 bridgehead atoms. The molecule has 2 fully saturated rings. The average molecular weight is 1200 g/mol. The van der Waals surface area contributed by atoms with Crippen molar-refractivity contribution in [1.82, 2.24) is 5.32 Å². The molecule has 12 atom stereocenters. The predicted molar refractivity (Wildman–Crippen MR) is 346 cm³/mol. The maximum atomic E-state index is 13.3. The Kier molecular flexibility index (Phi) is 51.3. The summed E-state index contributed by atoms with van der Waals surface area (Å²) in [6.07, 6.45) is 58.1. The van der Waals surface area contributed by atoms with Crippen LogP contribution in [0.3, 0.4) is 0 Å². The molecule has 12 unspecified atom stereocenters. The quantitative estimate of drug-likeness (QED) is 0.0204. The highest BCUT2D eigenvalue weighted by Gasteiger charge is 2.51. The molecule has 0 aliphatic carbocycles. The molecule has 0 aromatic rings. The van der Waals surface area contributed by atoms with Gasteiger partial charge in [-0.05, 0) is 70.6 Å².